The maximum atomic E-state index is 11.9. The molecule has 1 saturated heterocycles. The van der Waals surface area contributed by atoms with Crippen LogP contribution < -0.4 is 5.73 Å². The van der Waals surface area contributed by atoms with E-state index in [4.69, 9.17) is 5.73 Å². The van der Waals surface area contributed by atoms with E-state index in [2.05, 4.69) is 11.8 Å². The molecule has 1 rings (SSSR count). The van der Waals surface area contributed by atoms with Crippen LogP contribution >= 0.6 is 0 Å². The Morgan fingerprint density at radius 2 is 2.13 bits per heavy atom. The quantitative estimate of drug-likeness (QED) is 0.708. The van der Waals surface area contributed by atoms with Crippen LogP contribution in [-0.2, 0) is 4.79 Å². The molecule has 0 saturated carbocycles. The highest BCUT2D eigenvalue weighted by Gasteiger charge is 2.22. The van der Waals surface area contributed by atoms with Crippen LogP contribution in [0.4, 0.5) is 0 Å². The minimum absolute atomic E-state index is 0.347. The van der Waals surface area contributed by atoms with Gasteiger partial charge < -0.3 is 10.6 Å². The number of unbranched alkanes of at least 4 members (excludes halogenated alkanes) is 2. The lowest BCUT2D eigenvalue weighted by Gasteiger charge is -2.33. The average molecular weight is 212 g/mol. The van der Waals surface area contributed by atoms with E-state index < -0.39 is 0 Å². The van der Waals surface area contributed by atoms with Crippen LogP contribution in [0.2, 0.25) is 0 Å². The standard InChI is InChI=1S/C12H24N2O/c1-11-7-4-6-10-14(11)12(15)8-3-2-5-9-13/h11H,2-10,13H2,1H3/t11-/m0/s1. The third-order valence-corrected chi connectivity index (χ3v) is 3.22. The molecule has 0 radical (unpaired) electrons. The van der Waals surface area contributed by atoms with Crippen LogP contribution in [0.1, 0.15) is 51.9 Å². The van der Waals surface area contributed by atoms with Gasteiger partial charge in [0.05, 0.1) is 0 Å². The Kier molecular flexibility index (Phi) is 5.69. The fourth-order valence-electron chi connectivity index (χ4n) is 2.21. The molecule has 2 N–H and O–H groups in total. The molecular weight excluding hydrogens is 188 g/mol. The summed E-state index contributed by atoms with van der Waals surface area (Å²) in [4.78, 5) is 13.9. The van der Waals surface area contributed by atoms with E-state index in [0.717, 1.165) is 32.4 Å². The third-order valence-electron chi connectivity index (χ3n) is 3.22. The van der Waals surface area contributed by atoms with Crippen molar-refractivity contribution >= 4 is 5.91 Å². The number of hydrogen-bond donors (Lipinski definition) is 1. The first-order valence-electron chi connectivity index (χ1n) is 6.25. The third kappa shape index (κ3) is 4.20. The maximum Gasteiger partial charge on any atom is 0.222 e. The molecule has 1 heterocycles. The summed E-state index contributed by atoms with van der Waals surface area (Å²) in [6, 6.07) is 0.459. The molecule has 15 heavy (non-hydrogen) atoms. The largest absolute Gasteiger partial charge is 0.340 e. The normalized spacial score (nSPS) is 21.7. The van der Waals surface area contributed by atoms with Crippen molar-refractivity contribution in [2.24, 2.45) is 5.73 Å². The van der Waals surface area contributed by atoms with Crippen molar-refractivity contribution in [2.75, 3.05) is 13.1 Å². The van der Waals surface area contributed by atoms with E-state index >= 15 is 0 Å². The average Bonchev–Trinajstić information content (AvgIpc) is 2.25. The number of amides is 1. The van der Waals surface area contributed by atoms with Crippen LogP contribution in [0.5, 0.6) is 0 Å². The van der Waals surface area contributed by atoms with E-state index in [-0.39, 0.29) is 0 Å². The Hall–Kier alpha value is -0.570. The van der Waals surface area contributed by atoms with Crippen molar-refractivity contribution in [3.8, 4) is 0 Å². The molecule has 88 valence electrons. The van der Waals surface area contributed by atoms with Gasteiger partial charge in [-0.15, -0.1) is 0 Å². The predicted molar refractivity (Wildman–Crippen MR) is 62.5 cm³/mol. The fourth-order valence-corrected chi connectivity index (χ4v) is 2.21. The van der Waals surface area contributed by atoms with E-state index in [9.17, 15) is 4.79 Å². The number of nitrogens with zero attached hydrogens (tertiary/aromatic N) is 1. The van der Waals surface area contributed by atoms with Crippen LogP contribution in [0.25, 0.3) is 0 Å². The molecule has 1 atom stereocenters. The molecule has 3 nitrogen and oxygen atoms in total. The molecule has 3 heteroatoms. The maximum absolute atomic E-state index is 11.9. The first-order valence-corrected chi connectivity index (χ1v) is 6.25. The highest BCUT2D eigenvalue weighted by molar-refractivity contribution is 5.76. The van der Waals surface area contributed by atoms with E-state index in [1.54, 1.807) is 0 Å². The van der Waals surface area contributed by atoms with Gasteiger partial charge >= 0.3 is 0 Å². The minimum Gasteiger partial charge on any atom is -0.340 e. The fraction of sp³-hybridized carbons (Fsp3) is 0.917. The molecule has 0 spiro atoms. The van der Waals surface area contributed by atoms with Crippen molar-refractivity contribution < 1.29 is 4.79 Å². The summed E-state index contributed by atoms with van der Waals surface area (Å²) in [5, 5.41) is 0. The molecule has 1 aliphatic rings. The molecule has 0 aromatic carbocycles. The Morgan fingerprint density at radius 3 is 2.80 bits per heavy atom. The summed E-state index contributed by atoms with van der Waals surface area (Å²) >= 11 is 0. The van der Waals surface area contributed by atoms with Crippen LogP contribution in [0, 0.1) is 0 Å². The lowest BCUT2D eigenvalue weighted by atomic mass is 10.0. The van der Waals surface area contributed by atoms with Crippen molar-refractivity contribution in [3.63, 3.8) is 0 Å². The molecule has 1 fully saturated rings. The number of carbonyl (C=O) groups is 1. The number of carbonyl (C=O) groups excluding carboxylic acids is 1. The van der Waals surface area contributed by atoms with Gasteiger partial charge in [-0.05, 0) is 45.6 Å². The van der Waals surface area contributed by atoms with Crippen LogP contribution in [0.3, 0.4) is 0 Å². The van der Waals surface area contributed by atoms with Gasteiger partial charge in [0.2, 0.25) is 5.91 Å². The smallest absolute Gasteiger partial charge is 0.222 e. The number of rotatable bonds is 5. The zero-order chi connectivity index (χ0) is 11.1. The summed E-state index contributed by atoms with van der Waals surface area (Å²) in [7, 11) is 0. The van der Waals surface area contributed by atoms with E-state index in [1.807, 2.05) is 0 Å². The van der Waals surface area contributed by atoms with Gasteiger partial charge in [-0.1, -0.05) is 6.42 Å². The van der Waals surface area contributed by atoms with Crippen molar-refractivity contribution in [1.82, 2.24) is 4.90 Å². The Labute approximate surface area is 93.0 Å². The molecule has 1 amide bonds. The highest BCUT2D eigenvalue weighted by atomic mass is 16.2. The Bertz CT molecular complexity index is 194. The lowest BCUT2D eigenvalue weighted by molar-refractivity contribution is -0.134. The molecule has 0 aromatic heterocycles. The topological polar surface area (TPSA) is 46.3 Å². The second-order valence-corrected chi connectivity index (χ2v) is 4.53. The zero-order valence-electron chi connectivity index (χ0n) is 9.87. The van der Waals surface area contributed by atoms with E-state index in [1.165, 1.54) is 19.3 Å². The van der Waals surface area contributed by atoms with Gasteiger partial charge in [-0.2, -0.15) is 0 Å². The molecule has 0 aromatic rings. The second-order valence-electron chi connectivity index (χ2n) is 4.53. The highest BCUT2D eigenvalue weighted by Crippen LogP contribution is 2.18. The Morgan fingerprint density at radius 1 is 1.33 bits per heavy atom. The number of hydrogen-bond acceptors (Lipinski definition) is 2. The minimum atomic E-state index is 0.347. The van der Waals surface area contributed by atoms with E-state index in [0.29, 0.717) is 18.4 Å². The van der Waals surface area contributed by atoms with Gasteiger partial charge in [-0.25, -0.2) is 0 Å². The molecule has 0 aliphatic carbocycles. The van der Waals surface area contributed by atoms with Crippen molar-refractivity contribution in [1.29, 1.82) is 0 Å². The summed E-state index contributed by atoms with van der Waals surface area (Å²) in [6.45, 7) is 3.88. The van der Waals surface area contributed by atoms with Gasteiger partial charge in [0.1, 0.15) is 0 Å². The lowest BCUT2D eigenvalue weighted by Crippen LogP contribution is -2.41. The van der Waals surface area contributed by atoms with Crippen molar-refractivity contribution in [2.45, 2.75) is 57.9 Å². The van der Waals surface area contributed by atoms with Crippen LogP contribution in [-0.4, -0.2) is 29.9 Å². The first-order chi connectivity index (χ1) is 7.25. The zero-order valence-corrected chi connectivity index (χ0v) is 9.87. The summed E-state index contributed by atoms with van der Waals surface area (Å²) in [6.07, 6.45) is 7.47. The SMILES string of the molecule is C[C@H]1CCCCN1C(=O)CCCCCN. The second kappa shape index (κ2) is 6.83. The summed E-state index contributed by atoms with van der Waals surface area (Å²) < 4.78 is 0. The molecule has 0 unspecified atom stereocenters. The molecule has 0 bridgehead atoms. The summed E-state index contributed by atoms with van der Waals surface area (Å²) in [5.74, 6) is 0.347. The predicted octanol–water partition coefficient (Wildman–Crippen LogP) is 1.91. The van der Waals surface area contributed by atoms with Crippen LogP contribution in [0.15, 0.2) is 0 Å². The molecular formula is C12H24N2O. The van der Waals surface area contributed by atoms with Crippen molar-refractivity contribution in [3.05, 3.63) is 0 Å². The van der Waals surface area contributed by atoms with Gasteiger partial charge in [0.15, 0.2) is 0 Å². The Balaban J connectivity index is 2.20. The molecule has 1 aliphatic heterocycles. The first kappa shape index (κ1) is 12.5. The number of likely N-dealkylation sites (tertiary alicyclic amines) is 1. The monoisotopic (exact) mass is 212 g/mol. The number of piperidine rings is 1. The number of nitrogens with two attached hydrogens (primary N) is 1. The van der Waals surface area contributed by atoms with Gasteiger partial charge in [0, 0.05) is 19.0 Å². The van der Waals surface area contributed by atoms with Gasteiger partial charge in [-0.3, -0.25) is 4.79 Å². The summed E-state index contributed by atoms with van der Waals surface area (Å²) in [5.41, 5.74) is 5.41. The van der Waals surface area contributed by atoms with Gasteiger partial charge in [0.25, 0.3) is 0 Å².